The van der Waals surface area contributed by atoms with Crippen molar-refractivity contribution >= 4 is 51.2 Å². The van der Waals surface area contributed by atoms with Crippen molar-refractivity contribution in [1.82, 2.24) is 0 Å². The van der Waals surface area contributed by atoms with Crippen LogP contribution in [0.5, 0.6) is 0 Å². The minimum atomic E-state index is 0.997. The van der Waals surface area contributed by atoms with Gasteiger partial charge in [-0.05, 0) is 87.2 Å². The minimum Gasteiger partial charge on any atom is -0.371 e. The van der Waals surface area contributed by atoms with E-state index >= 15 is 0 Å². The van der Waals surface area contributed by atoms with E-state index in [2.05, 4.69) is 170 Å². The predicted octanol–water partition coefficient (Wildman–Crippen LogP) is 7.96. The van der Waals surface area contributed by atoms with Crippen molar-refractivity contribution in [3.05, 3.63) is 120 Å². The van der Waals surface area contributed by atoms with Gasteiger partial charge >= 0.3 is 0 Å². The molecule has 1 heterocycles. The molecule has 0 saturated carbocycles. The maximum Gasteiger partial charge on any atom is 0.169 e. The Morgan fingerprint density at radius 3 is 1.64 bits per heavy atom. The number of aromatic nitrogens is 1. The van der Waals surface area contributed by atoms with Gasteiger partial charge in [-0.1, -0.05) is 76.2 Å². The molecule has 6 heteroatoms. The van der Waals surface area contributed by atoms with Gasteiger partial charge in [0.25, 0.3) is 0 Å². The molecule has 0 fully saturated rings. The predicted molar refractivity (Wildman–Crippen MR) is 199 cm³/mol. The fourth-order valence-corrected chi connectivity index (χ4v) is 6.66. The second kappa shape index (κ2) is 20.7. The van der Waals surface area contributed by atoms with E-state index in [1.807, 2.05) is 21.6 Å². The van der Waals surface area contributed by atoms with Gasteiger partial charge in [0.15, 0.2) is 12.4 Å². The van der Waals surface area contributed by atoms with Crippen LogP contribution in [0, 0.1) is 0 Å². The first-order valence-corrected chi connectivity index (χ1v) is 18.5. The zero-order valence-corrected chi connectivity index (χ0v) is 29.0. The highest BCUT2D eigenvalue weighted by Gasteiger charge is 2.07. The molecule has 44 heavy (non-hydrogen) atoms. The van der Waals surface area contributed by atoms with Gasteiger partial charge in [-0.2, -0.15) is 0 Å². The molecule has 234 valence electrons. The van der Waals surface area contributed by atoms with Crippen LogP contribution in [0.1, 0.15) is 51.3 Å². The van der Waals surface area contributed by atoms with E-state index in [4.69, 9.17) is 0 Å². The number of rotatable bonds is 19. The smallest absolute Gasteiger partial charge is 0.169 e. The Hall–Kier alpha value is -3.19. The standard InChI is InChI=1S/C38H51N4S2/c1-6-33(23-26-39-7-2)11-12-34-15-19-37(20-16-34)41(9-4)29-31-43-44-32-30-42(10-5)38-21-17-35(18-22-38)13-14-36-24-27-40(8-3)28-25-36/h6,11-28,39H,7-10,29-32H2,1-5H3/q+1/p+1/b12-11+,26-23-,33-6-. The number of hydrogen-bond donors (Lipinski definition) is 1. The summed E-state index contributed by atoms with van der Waals surface area (Å²) >= 11 is 0. The van der Waals surface area contributed by atoms with Gasteiger partial charge in [0.05, 0.1) is 12.7 Å². The summed E-state index contributed by atoms with van der Waals surface area (Å²) in [5, 5.41) is 2.18. The lowest BCUT2D eigenvalue weighted by Crippen LogP contribution is -2.77. The summed E-state index contributed by atoms with van der Waals surface area (Å²) in [6.45, 7) is 17.1. The molecule has 0 unspecified atom stereocenters. The molecule has 4 nitrogen and oxygen atoms in total. The molecule has 1 aromatic heterocycles. The summed E-state index contributed by atoms with van der Waals surface area (Å²) in [4.78, 5) is 4.94. The second-order valence-electron chi connectivity index (χ2n) is 10.4. The number of hydrogen-bond acceptors (Lipinski definition) is 4. The molecule has 2 aromatic carbocycles. The van der Waals surface area contributed by atoms with Crippen LogP contribution in [0.15, 0.2) is 103 Å². The van der Waals surface area contributed by atoms with Crippen molar-refractivity contribution in [3.63, 3.8) is 0 Å². The van der Waals surface area contributed by atoms with Crippen LogP contribution in [0.2, 0.25) is 0 Å². The summed E-state index contributed by atoms with van der Waals surface area (Å²) in [5.74, 6) is 2.22. The Bertz CT molecular complexity index is 1330. The van der Waals surface area contributed by atoms with Gasteiger partial charge in [-0.25, -0.2) is 4.57 Å². The Balaban J connectivity index is 1.39. The third-order valence-electron chi connectivity index (χ3n) is 7.46. The number of allylic oxidation sites excluding steroid dienone is 4. The SMILES string of the molecule is C/C=C(\C=C/[NH2+]CC)/C=C/c1ccc(N(CC)CCSSCCN(CC)c2ccc(/C=C/c3cc[n+](CC)cc3)cc2)cc1. The molecular weight excluding hydrogens is 577 g/mol. The first-order chi connectivity index (χ1) is 21.6. The average molecular weight is 629 g/mol. The van der Waals surface area contributed by atoms with Crippen molar-refractivity contribution in [1.29, 1.82) is 0 Å². The highest BCUT2D eigenvalue weighted by molar-refractivity contribution is 8.76. The summed E-state index contributed by atoms with van der Waals surface area (Å²) in [6.07, 6.45) is 19.4. The lowest BCUT2D eigenvalue weighted by molar-refractivity contribution is -0.693. The fraction of sp³-hybridized carbons (Fsp3) is 0.342. The van der Waals surface area contributed by atoms with E-state index in [1.165, 1.54) is 33.6 Å². The van der Waals surface area contributed by atoms with E-state index in [0.717, 1.165) is 50.8 Å². The van der Waals surface area contributed by atoms with Crippen molar-refractivity contribution < 1.29 is 9.88 Å². The van der Waals surface area contributed by atoms with E-state index < -0.39 is 0 Å². The first-order valence-electron chi connectivity index (χ1n) is 16.1. The molecular formula is C38H52N4S2+2. The Kier molecular flexibility index (Phi) is 16.6. The Labute approximate surface area is 275 Å². The van der Waals surface area contributed by atoms with Gasteiger partial charge < -0.3 is 15.1 Å². The normalized spacial score (nSPS) is 12.2. The van der Waals surface area contributed by atoms with Crippen LogP contribution >= 0.6 is 21.6 Å². The van der Waals surface area contributed by atoms with Gasteiger partial charge in [-0.3, -0.25) is 0 Å². The number of nitrogens with two attached hydrogens (primary N) is 1. The lowest BCUT2D eigenvalue weighted by atomic mass is 10.1. The largest absolute Gasteiger partial charge is 0.371 e. The molecule has 0 aliphatic rings. The highest BCUT2D eigenvalue weighted by atomic mass is 33.1. The number of pyridine rings is 1. The van der Waals surface area contributed by atoms with Crippen molar-refractivity contribution in [2.75, 3.05) is 54.0 Å². The molecule has 0 amide bonds. The lowest BCUT2D eigenvalue weighted by Gasteiger charge is -2.24. The maximum absolute atomic E-state index is 2.47. The molecule has 0 aliphatic heterocycles. The molecule has 0 radical (unpaired) electrons. The molecule has 0 aliphatic carbocycles. The van der Waals surface area contributed by atoms with Crippen molar-refractivity contribution in [3.8, 4) is 0 Å². The molecule has 0 atom stereocenters. The summed E-state index contributed by atoms with van der Waals surface area (Å²) in [5.41, 5.74) is 7.49. The van der Waals surface area contributed by atoms with Crippen molar-refractivity contribution in [2.45, 2.75) is 41.2 Å². The van der Waals surface area contributed by atoms with E-state index in [1.54, 1.807) is 0 Å². The third kappa shape index (κ3) is 12.4. The maximum atomic E-state index is 2.47. The fourth-order valence-electron chi connectivity index (χ4n) is 4.68. The van der Waals surface area contributed by atoms with Crippen LogP contribution in [-0.4, -0.2) is 44.2 Å². The van der Waals surface area contributed by atoms with Crippen LogP contribution in [0.4, 0.5) is 11.4 Å². The van der Waals surface area contributed by atoms with Gasteiger partial charge in [0.1, 0.15) is 6.54 Å². The zero-order valence-electron chi connectivity index (χ0n) is 27.4. The number of quaternary nitrogens is 1. The minimum absolute atomic E-state index is 0.997. The third-order valence-corrected chi connectivity index (χ3v) is 9.83. The van der Waals surface area contributed by atoms with Crippen molar-refractivity contribution in [2.24, 2.45) is 0 Å². The molecule has 2 N–H and O–H groups in total. The van der Waals surface area contributed by atoms with Crippen LogP contribution < -0.4 is 19.7 Å². The number of benzene rings is 2. The summed E-state index contributed by atoms with van der Waals surface area (Å²) in [7, 11) is 3.97. The van der Waals surface area contributed by atoms with E-state index in [0.29, 0.717) is 0 Å². The number of aryl methyl sites for hydroxylation is 1. The van der Waals surface area contributed by atoms with E-state index in [9.17, 15) is 0 Å². The number of anilines is 2. The summed E-state index contributed by atoms with van der Waals surface area (Å²) in [6, 6.07) is 22.2. The quantitative estimate of drug-likeness (QED) is 0.0631. The molecule has 0 bridgehead atoms. The van der Waals surface area contributed by atoms with Gasteiger partial charge in [-0.15, -0.1) is 0 Å². The molecule has 0 saturated heterocycles. The average Bonchev–Trinajstić information content (AvgIpc) is 3.07. The topological polar surface area (TPSA) is 27.0 Å². The Morgan fingerprint density at radius 1 is 0.682 bits per heavy atom. The monoisotopic (exact) mass is 628 g/mol. The first kappa shape index (κ1) is 35.3. The highest BCUT2D eigenvalue weighted by Crippen LogP contribution is 2.24. The van der Waals surface area contributed by atoms with E-state index in [-0.39, 0.29) is 0 Å². The molecule has 3 aromatic rings. The molecule has 3 rings (SSSR count). The van der Waals surface area contributed by atoms with Gasteiger partial charge in [0.2, 0.25) is 0 Å². The Morgan fingerprint density at radius 2 is 1.18 bits per heavy atom. The van der Waals surface area contributed by atoms with Gasteiger partial charge in [0, 0.05) is 61.2 Å². The van der Waals surface area contributed by atoms with Crippen LogP contribution in [-0.2, 0) is 6.54 Å². The summed E-state index contributed by atoms with van der Waals surface area (Å²) < 4.78 is 2.18. The zero-order chi connectivity index (χ0) is 31.4. The second-order valence-corrected chi connectivity index (χ2v) is 13.1. The molecule has 0 spiro atoms. The van der Waals surface area contributed by atoms with Crippen LogP contribution in [0.3, 0.4) is 0 Å². The number of nitrogens with zero attached hydrogens (tertiary/aromatic N) is 3. The van der Waals surface area contributed by atoms with Crippen LogP contribution in [0.25, 0.3) is 18.2 Å².